The second-order valence-electron chi connectivity index (χ2n) is 8.60. The minimum Gasteiger partial charge on any atom is -0.490 e. The number of hydrogen-bond donors (Lipinski definition) is 0. The Hall–Kier alpha value is -3.23. The summed E-state index contributed by atoms with van der Waals surface area (Å²) in [6.07, 6.45) is 1.18. The van der Waals surface area contributed by atoms with Crippen LogP contribution in [0.4, 0.5) is 14.3 Å². The summed E-state index contributed by atoms with van der Waals surface area (Å²) in [5, 5.41) is 12.2. The van der Waals surface area contributed by atoms with Crippen LogP contribution in [-0.2, 0) is 6.42 Å². The van der Waals surface area contributed by atoms with E-state index >= 15 is 8.63 Å². The van der Waals surface area contributed by atoms with Gasteiger partial charge in [0.2, 0.25) is 0 Å². The minimum absolute atomic E-state index is 0.0965. The summed E-state index contributed by atoms with van der Waals surface area (Å²) in [5.74, 6) is 0.0965. The molecule has 2 aromatic rings. The van der Waals surface area contributed by atoms with Crippen molar-refractivity contribution in [3.63, 3.8) is 0 Å². The van der Waals surface area contributed by atoms with Crippen molar-refractivity contribution in [3.05, 3.63) is 73.2 Å². The first-order chi connectivity index (χ1) is 15.5. The van der Waals surface area contributed by atoms with E-state index in [4.69, 9.17) is 4.74 Å². The van der Waals surface area contributed by atoms with Crippen molar-refractivity contribution in [2.45, 2.75) is 54.4 Å². The molecule has 0 atom stereocenters. The summed E-state index contributed by atoms with van der Waals surface area (Å²) < 4.78 is 40.1. The molecule has 0 bridgehead atoms. The maximum atomic E-state index is 16.3. The highest BCUT2D eigenvalue weighted by Crippen LogP contribution is 2.49. The Morgan fingerprint density at radius 2 is 1.82 bits per heavy atom. The van der Waals surface area contributed by atoms with Gasteiger partial charge in [0.1, 0.15) is 5.71 Å². The first-order valence-electron chi connectivity index (χ1n) is 11.2. The largest absolute Gasteiger partial charge is 0.737 e. The molecule has 0 saturated heterocycles. The van der Waals surface area contributed by atoms with Gasteiger partial charge in [-0.3, -0.25) is 10.1 Å². The van der Waals surface area contributed by atoms with Crippen molar-refractivity contribution in [2.75, 3.05) is 7.11 Å². The van der Waals surface area contributed by atoms with Crippen LogP contribution in [-0.4, -0.2) is 33.7 Å². The van der Waals surface area contributed by atoms with Gasteiger partial charge in [-0.15, -0.1) is 0 Å². The molecular formula is C24H28BF2N3O3. The molecule has 0 aliphatic carbocycles. The highest BCUT2D eigenvalue weighted by Gasteiger charge is 2.57. The van der Waals surface area contributed by atoms with Gasteiger partial charge in [-0.05, 0) is 62.6 Å². The lowest BCUT2D eigenvalue weighted by molar-refractivity contribution is -0.386. The van der Waals surface area contributed by atoms with Crippen molar-refractivity contribution in [1.82, 2.24) is 4.48 Å². The third-order valence-corrected chi connectivity index (χ3v) is 7.17. The number of para-hydroxylation sites is 1. The number of rotatable bonds is 5. The van der Waals surface area contributed by atoms with E-state index in [1.165, 1.54) is 13.2 Å². The van der Waals surface area contributed by atoms with Gasteiger partial charge in [-0.25, -0.2) is 0 Å². The monoisotopic (exact) mass is 455 g/mol. The van der Waals surface area contributed by atoms with Crippen molar-refractivity contribution in [1.29, 1.82) is 0 Å². The average molecular weight is 455 g/mol. The van der Waals surface area contributed by atoms with Crippen molar-refractivity contribution >= 4 is 23.9 Å². The third-order valence-electron chi connectivity index (χ3n) is 7.17. The predicted molar refractivity (Wildman–Crippen MR) is 126 cm³/mol. The molecule has 3 heterocycles. The number of nitro groups is 1. The highest BCUT2D eigenvalue weighted by molar-refractivity contribution is 6.58. The van der Waals surface area contributed by atoms with Crippen LogP contribution < -0.4 is 4.74 Å². The minimum atomic E-state index is -4.19. The SMILES string of the molecule is CCC1=C(C)C2=C(c3cccc(OC)c3[N+](=O)[O-])c3c(C)c(CC)c(C)n3[B-](F)(F)[N+]2=C1C. The van der Waals surface area contributed by atoms with Crippen LogP contribution >= 0.6 is 0 Å². The lowest BCUT2D eigenvalue weighted by Crippen LogP contribution is -2.51. The summed E-state index contributed by atoms with van der Waals surface area (Å²) in [6, 6.07) is 4.81. The molecule has 0 spiro atoms. The number of nitro benzene ring substituents is 1. The van der Waals surface area contributed by atoms with Crippen molar-refractivity contribution in [3.8, 4) is 5.75 Å². The van der Waals surface area contributed by atoms with Crippen LogP contribution in [0.1, 0.15) is 62.2 Å². The summed E-state index contributed by atoms with van der Waals surface area (Å²) in [6.45, 7) is 6.76. The number of nitrogens with zero attached hydrogens (tertiary/aromatic N) is 3. The molecule has 174 valence electrons. The smallest absolute Gasteiger partial charge is 0.490 e. The Kier molecular flexibility index (Phi) is 5.34. The Labute approximate surface area is 192 Å². The van der Waals surface area contributed by atoms with Crippen molar-refractivity contribution in [2.24, 2.45) is 0 Å². The molecule has 33 heavy (non-hydrogen) atoms. The molecule has 0 radical (unpaired) electrons. The maximum Gasteiger partial charge on any atom is 0.737 e. The fraction of sp³-hybridized carbons (Fsp3) is 0.375. The van der Waals surface area contributed by atoms with E-state index in [0.29, 0.717) is 41.2 Å². The lowest BCUT2D eigenvalue weighted by atomic mass is 9.83. The van der Waals surface area contributed by atoms with Gasteiger partial charge in [0.15, 0.2) is 11.4 Å². The number of benzene rings is 1. The lowest BCUT2D eigenvalue weighted by Gasteiger charge is -2.34. The molecule has 2 aliphatic rings. The summed E-state index contributed by atoms with van der Waals surface area (Å²) in [7, 11) is 1.37. The fourth-order valence-corrected chi connectivity index (χ4v) is 5.81. The first kappa shape index (κ1) is 23.0. The summed E-state index contributed by atoms with van der Waals surface area (Å²) in [5.41, 5.74) is 5.32. The summed E-state index contributed by atoms with van der Waals surface area (Å²) in [4.78, 5) is 11.7. The Morgan fingerprint density at radius 3 is 2.36 bits per heavy atom. The molecule has 0 amide bonds. The predicted octanol–water partition coefficient (Wildman–Crippen LogP) is 5.79. The number of aromatic nitrogens is 1. The molecular weight excluding hydrogens is 427 g/mol. The zero-order chi connectivity index (χ0) is 24.4. The fourth-order valence-electron chi connectivity index (χ4n) is 5.81. The molecule has 0 saturated carbocycles. The van der Waals surface area contributed by atoms with Crippen LogP contribution in [0.15, 0.2) is 35.0 Å². The third kappa shape index (κ3) is 2.87. The quantitative estimate of drug-likeness (QED) is 0.326. The van der Waals surface area contributed by atoms with E-state index < -0.39 is 11.9 Å². The molecule has 9 heteroatoms. The Bertz CT molecular complexity index is 1320. The van der Waals surface area contributed by atoms with Gasteiger partial charge >= 0.3 is 12.7 Å². The Morgan fingerprint density at radius 1 is 1.15 bits per heavy atom. The highest BCUT2D eigenvalue weighted by atomic mass is 19.2. The van der Waals surface area contributed by atoms with E-state index in [9.17, 15) is 10.1 Å². The number of ether oxygens (including phenoxy) is 1. The second kappa shape index (κ2) is 7.68. The van der Waals surface area contributed by atoms with Gasteiger partial charge in [0.05, 0.1) is 23.2 Å². The number of halogens is 2. The van der Waals surface area contributed by atoms with Crippen LogP contribution in [0.25, 0.3) is 5.57 Å². The van der Waals surface area contributed by atoms with Crippen LogP contribution in [0.3, 0.4) is 0 Å². The van der Waals surface area contributed by atoms with Gasteiger partial charge in [0.25, 0.3) is 0 Å². The zero-order valence-electron chi connectivity index (χ0n) is 20.0. The summed E-state index contributed by atoms with van der Waals surface area (Å²) >= 11 is 0. The molecule has 1 aromatic heterocycles. The molecule has 4 rings (SSSR count). The zero-order valence-corrected chi connectivity index (χ0v) is 20.0. The van der Waals surface area contributed by atoms with E-state index in [0.717, 1.165) is 31.2 Å². The molecule has 6 nitrogen and oxygen atoms in total. The topological polar surface area (TPSA) is 60.3 Å². The molecule has 0 unspecified atom stereocenters. The maximum absolute atomic E-state index is 16.3. The average Bonchev–Trinajstić information content (AvgIpc) is 3.18. The van der Waals surface area contributed by atoms with E-state index in [-0.39, 0.29) is 17.0 Å². The van der Waals surface area contributed by atoms with Gasteiger partial charge < -0.3 is 22.3 Å². The number of hydrogen-bond acceptors (Lipinski definition) is 3. The van der Waals surface area contributed by atoms with Crippen LogP contribution in [0.2, 0.25) is 0 Å². The normalized spacial score (nSPS) is 17.0. The molecule has 2 aliphatic heterocycles. The number of fused-ring (bicyclic) bond motifs is 2. The van der Waals surface area contributed by atoms with Crippen molar-refractivity contribution < 1.29 is 22.8 Å². The van der Waals surface area contributed by atoms with Crippen LogP contribution in [0.5, 0.6) is 5.75 Å². The van der Waals surface area contributed by atoms with Gasteiger partial charge in [-0.1, -0.05) is 19.9 Å². The van der Waals surface area contributed by atoms with Gasteiger partial charge in [-0.2, -0.15) is 0 Å². The van der Waals surface area contributed by atoms with E-state index in [2.05, 4.69) is 0 Å². The molecule has 0 N–H and O–H groups in total. The van der Waals surface area contributed by atoms with Gasteiger partial charge in [0, 0.05) is 23.8 Å². The molecule has 0 fully saturated rings. The standard InChI is InChI=1S/C24H28BF2N3O3/c1-8-17-13(3)22-21(19-11-10-12-20(33-7)24(19)30(31)32)23-14(4)18(9-2)16(6)29(23)25(26,27)28(22)15(17)5/h10-12H,8-9H2,1-7H3. The second-order valence-corrected chi connectivity index (χ2v) is 8.60. The number of methoxy groups -OCH3 is 1. The van der Waals surface area contributed by atoms with E-state index in [1.807, 2.05) is 27.7 Å². The van der Waals surface area contributed by atoms with E-state index in [1.54, 1.807) is 26.0 Å². The first-order valence-corrected chi connectivity index (χ1v) is 11.2. The number of allylic oxidation sites excluding steroid dienone is 2. The Balaban J connectivity index is 2.29. The molecule has 1 aromatic carbocycles. The van der Waals surface area contributed by atoms with Crippen LogP contribution in [0, 0.1) is 24.0 Å².